The fourth-order valence-corrected chi connectivity index (χ4v) is 3.53. The fourth-order valence-electron chi connectivity index (χ4n) is 3.53. The molecule has 0 spiro atoms. The van der Waals surface area contributed by atoms with Gasteiger partial charge in [-0.25, -0.2) is 0 Å². The second-order valence-corrected chi connectivity index (χ2v) is 6.84. The quantitative estimate of drug-likeness (QED) is 0.625. The summed E-state index contributed by atoms with van der Waals surface area (Å²) in [5, 5.41) is 0. The van der Waals surface area contributed by atoms with Crippen molar-refractivity contribution >= 4 is 6.08 Å². The van der Waals surface area contributed by atoms with E-state index in [1.165, 1.54) is 45.4 Å². The zero-order valence-electron chi connectivity index (χ0n) is 14.5. The van der Waals surface area contributed by atoms with E-state index in [2.05, 4.69) is 71.0 Å². The molecule has 1 atom stereocenters. The summed E-state index contributed by atoms with van der Waals surface area (Å²) < 4.78 is 0. The first-order valence-electron chi connectivity index (χ1n) is 8.41. The first-order valence-corrected chi connectivity index (χ1v) is 8.41. The Balaban J connectivity index is 2.16. The number of benzene rings is 2. The van der Waals surface area contributed by atoms with Crippen molar-refractivity contribution in [2.75, 3.05) is 0 Å². The van der Waals surface area contributed by atoms with Crippen LogP contribution in [0.1, 0.15) is 48.1 Å². The standard InChI is InChI=1S/C22H26/c1-6-15(3)19-12-18-8-7-9-20(22(18)13-19)21-11-14(2)10-16(4)17(21)5/h7-11,13,15H,6,12H2,1-5H3. The van der Waals surface area contributed by atoms with Gasteiger partial charge in [-0.15, -0.1) is 0 Å². The Morgan fingerprint density at radius 1 is 1.05 bits per heavy atom. The average molecular weight is 290 g/mol. The van der Waals surface area contributed by atoms with Gasteiger partial charge in [-0.3, -0.25) is 0 Å². The first kappa shape index (κ1) is 15.1. The SMILES string of the molecule is CCC(C)C1=Cc2c(cccc2-c2cc(C)cc(C)c2C)C1. The smallest absolute Gasteiger partial charge is 0.00549 e. The number of hydrogen-bond donors (Lipinski definition) is 0. The molecule has 22 heavy (non-hydrogen) atoms. The lowest BCUT2D eigenvalue weighted by molar-refractivity contribution is 0.647. The summed E-state index contributed by atoms with van der Waals surface area (Å²) in [7, 11) is 0. The molecule has 1 aliphatic rings. The van der Waals surface area contributed by atoms with Gasteiger partial charge in [-0.2, -0.15) is 0 Å². The molecule has 0 aromatic heterocycles. The second-order valence-electron chi connectivity index (χ2n) is 6.84. The van der Waals surface area contributed by atoms with E-state index in [4.69, 9.17) is 0 Å². The number of rotatable bonds is 3. The highest BCUT2D eigenvalue weighted by Gasteiger charge is 2.20. The Bertz CT molecular complexity index is 747. The number of fused-ring (bicyclic) bond motifs is 1. The molecule has 1 unspecified atom stereocenters. The molecule has 1 aliphatic carbocycles. The molecular weight excluding hydrogens is 264 g/mol. The minimum atomic E-state index is 0.681. The molecule has 0 N–H and O–H groups in total. The summed E-state index contributed by atoms with van der Waals surface area (Å²) >= 11 is 0. The number of aryl methyl sites for hydroxylation is 2. The van der Waals surface area contributed by atoms with Crippen molar-refractivity contribution in [1.29, 1.82) is 0 Å². The van der Waals surface area contributed by atoms with Crippen molar-refractivity contribution in [2.45, 2.75) is 47.5 Å². The molecule has 0 nitrogen and oxygen atoms in total. The summed E-state index contributed by atoms with van der Waals surface area (Å²) in [6.45, 7) is 11.3. The molecule has 3 rings (SSSR count). The predicted molar refractivity (Wildman–Crippen MR) is 97.2 cm³/mol. The van der Waals surface area contributed by atoms with Gasteiger partial charge in [0, 0.05) is 0 Å². The molecule has 0 bridgehead atoms. The third kappa shape index (κ3) is 2.52. The molecule has 0 heteroatoms. The van der Waals surface area contributed by atoms with Gasteiger partial charge in [0.2, 0.25) is 0 Å². The Labute approximate surface area is 134 Å². The normalized spacial score (nSPS) is 14.7. The van der Waals surface area contributed by atoms with E-state index >= 15 is 0 Å². The maximum atomic E-state index is 2.45. The zero-order valence-corrected chi connectivity index (χ0v) is 14.5. The van der Waals surface area contributed by atoms with Crippen LogP contribution in [0.4, 0.5) is 0 Å². The van der Waals surface area contributed by atoms with Crippen LogP contribution in [0.5, 0.6) is 0 Å². The van der Waals surface area contributed by atoms with E-state index in [-0.39, 0.29) is 0 Å². The van der Waals surface area contributed by atoms with Gasteiger partial charge < -0.3 is 0 Å². The molecule has 0 aliphatic heterocycles. The summed E-state index contributed by atoms with van der Waals surface area (Å²) in [6, 6.07) is 11.4. The lowest BCUT2D eigenvalue weighted by Crippen LogP contribution is -1.97. The Kier molecular flexibility index (Phi) is 3.95. The van der Waals surface area contributed by atoms with Crippen molar-refractivity contribution < 1.29 is 0 Å². The van der Waals surface area contributed by atoms with Gasteiger partial charge in [0.25, 0.3) is 0 Å². The van der Waals surface area contributed by atoms with Gasteiger partial charge in [0.15, 0.2) is 0 Å². The fraction of sp³-hybridized carbons (Fsp3) is 0.364. The van der Waals surface area contributed by atoms with Crippen LogP contribution in [-0.4, -0.2) is 0 Å². The minimum Gasteiger partial charge on any atom is -0.0648 e. The van der Waals surface area contributed by atoms with Gasteiger partial charge in [-0.05, 0) is 72.9 Å². The monoisotopic (exact) mass is 290 g/mol. The lowest BCUT2D eigenvalue weighted by atomic mass is 9.91. The zero-order chi connectivity index (χ0) is 15.9. The summed E-state index contributed by atoms with van der Waals surface area (Å²) in [5.74, 6) is 0.681. The van der Waals surface area contributed by atoms with E-state index in [0.29, 0.717) is 5.92 Å². The van der Waals surface area contributed by atoms with Gasteiger partial charge >= 0.3 is 0 Å². The third-order valence-corrected chi connectivity index (χ3v) is 5.27. The Hall–Kier alpha value is -1.82. The Morgan fingerprint density at radius 3 is 2.55 bits per heavy atom. The van der Waals surface area contributed by atoms with E-state index in [1.54, 1.807) is 5.57 Å². The molecule has 0 fully saturated rings. The number of hydrogen-bond acceptors (Lipinski definition) is 0. The highest BCUT2D eigenvalue weighted by Crippen LogP contribution is 2.38. The highest BCUT2D eigenvalue weighted by atomic mass is 14.2. The molecule has 0 amide bonds. The maximum absolute atomic E-state index is 2.45. The molecule has 2 aromatic rings. The van der Waals surface area contributed by atoms with Crippen LogP contribution in [-0.2, 0) is 6.42 Å². The summed E-state index contributed by atoms with van der Waals surface area (Å²) in [6.07, 6.45) is 4.80. The van der Waals surface area contributed by atoms with Crippen molar-refractivity contribution in [1.82, 2.24) is 0 Å². The van der Waals surface area contributed by atoms with Gasteiger partial charge in [-0.1, -0.05) is 61.4 Å². The molecule has 114 valence electrons. The molecule has 2 aromatic carbocycles. The van der Waals surface area contributed by atoms with Crippen LogP contribution >= 0.6 is 0 Å². The van der Waals surface area contributed by atoms with Crippen LogP contribution in [0.3, 0.4) is 0 Å². The van der Waals surface area contributed by atoms with Gasteiger partial charge in [0.1, 0.15) is 0 Å². The van der Waals surface area contributed by atoms with Crippen LogP contribution in [0.15, 0.2) is 35.9 Å². The number of allylic oxidation sites excluding steroid dienone is 1. The van der Waals surface area contributed by atoms with Crippen LogP contribution in [0.25, 0.3) is 17.2 Å². The van der Waals surface area contributed by atoms with Crippen LogP contribution in [0.2, 0.25) is 0 Å². The molecule has 0 saturated carbocycles. The van der Waals surface area contributed by atoms with Crippen LogP contribution < -0.4 is 0 Å². The molecule has 0 saturated heterocycles. The minimum absolute atomic E-state index is 0.681. The van der Waals surface area contributed by atoms with Crippen molar-refractivity contribution in [3.8, 4) is 11.1 Å². The van der Waals surface area contributed by atoms with E-state index in [9.17, 15) is 0 Å². The highest BCUT2D eigenvalue weighted by molar-refractivity contribution is 5.83. The van der Waals surface area contributed by atoms with Crippen molar-refractivity contribution in [3.63, 3.8) is 0 Å². The maximum Gasteiger partial charge on any atom is -0.00549 e. The third-order valence-electron chi connectivity index (χ3n) is 5.27. The largest absolute Gasteiger partial charge is 0.0648 e. The first-order chi connectivity index (χ1) is 10.5. The summed E-state index contributed by atoms with van der Waals surface area (Å²) in [4.78, 5) is 0. The van der Waals surface area contributed by atoms with Crippen molar-refractivity contribution in [2.24, 2.45) is 5.92 Å². The van der Waals surface area contributed by atoms with E-state index in [1.807, 2.05) is 0 Å². The second kappa shape index (κ2) is 5.76. The van der Waals surface area contributed by atoms with Gasteiger partial charge in [0.05, 0.1) is 0 Å². The summed E-state index contributed by atoms with van der Waals surface area (Å²) in [5.41, 5.74) is 11.5. The van der Waals surface area contributed by atoms with E-state index in [0.717, 1.165) is 6.42 Å². The average Bonchev–Trinajstić information content (AvgIpc) is 2.94. The lowest BCUT2D eigenvalue weighted by Gasteiger charge is -2.14. The molecular formula is C22H26. The topological polar surface area (TPSA) is 0 Å². The van der Waals surface area contributed by atoms with E-state index < -0.39 is 0 Å². The van der Waals surface area contributed by atoms with Crippen molar-refractivity contribution in [3.05, 3.63) is 63.7 Å². The van der Waals surface area contributed by atoms with Crippen LogP contribution in [0, 0.1) is 26.7 Å². The Morgan fingerprint density at radius 2 is 1.82 bits per heavy atom. The molecule has 0 heterocycles. The predicted octanol–water partition coefficient (Wildman–Crippen LogP) is 6.26. The molecule has 0 radical (unpaired) electrons.